The molecule has 0 unspecified atom stereocenters. The van der Waals surface area contributed by atoms with Crippen molar-refractivity contribution >= 4 is 33.1 Å². The average molecular weight is 419 g/mol. The number of halogens is 1. The van der Waals surface area contributed by atoms with Gasteiger partial charge in [-0.05, 0) is 25.0 Å². The topological polar surface area (TPSA) is 63.4 Å². The molecule has 0 aromatic heterocycles. The van der Waals surface area contributed by atoms with Gasteiger partial charge >= 0.3 is 0 Å². The monoisotopic (exact) mass is 418 g/mol. The SMILES string of the molecule is CC1=CC2=C(C1)N(CCCS(=O)(=O)[O-])C(=CC1=[N+](C)c3cc(Cl)ccc3C1)C2. The first-order valence-corrected chi connectivity index (χ1v) is 11.4. The second kappa shape index (κ2) is 7.17. The summed E-state index contributed by atoms with van der Waals surface area (Å²) in [5.74, 6) is -0.327. The number of fused-ring (bicyclic) bond motifs is 1. The highest BCUT2D eigenvalue weighted by Crippen LogP contribution is 2.41. The summed E-state index contributed by atoms with van der Waals surface area (Å²) in [6.45, 7) is 2.66. The predicted octanol–water partition coefficient (Wildman–Crippen LogP) is 3.74. The Balaban J connectivity index is 1.61. The van der Waals surface area contributed by atoms with Crippen molar-refractivity contribution in [3.63, 3.8) is 0 Å². The molecule has 0 atom stereocenters. The van der Waals surface area contributed by atoms with E-state index in [4.69, 9.17) is 11.6 Å². The van der Waals surface area contributed by atoms with E-state index in [1.807, 2.05) is 19.2 Å². The fourth-order valence-corrected chi connectivity index (χ4v) is 4.96. The summed E-state index contributed by atoms with van der Waals surface area (Å²) in [6.07, 6.45) is 7.34. The Hall–Kier alpha value is -1.89. The summed E-state index contributed by atoms with van der Waals surface area (Å²) in [7, 11) is -2.14. The zero-order valence-corrected chi connectivity index (χ0v) is 17.6. The van der Waals surface area contributed by atoms with Crippen molar-refractivity contribution in [3.8, 4) is 0 Å². The van der Waals surface area contributed by atoms with Crippen LogP contribution in [0.1, 0.15) is 31.7 Å². The van der Waals surface area contributed by atoms with Crippen LogP contribution in [-0.2, 0) is 16.5 Å². The van der Waals surface area contributed by atoms with Gasteiger partial charge in [-0.1, -0.05) is 29.3 Å². The molecular weight excluding hydrogens is 396 g/mol. The fourth-order valence-electron chi connectivity index (χ4n) is 4.31. The van der Waals surface area contributed by atoms with Crippen LogP contribution < -0.4 is 0 Å². The highest BCUT2D eigenvalue weighted by atomic mass is 35.5. The molecule has 0 spiro atoms. The van der Waals surface area contributed by atoms with Crippen LogP contribution in [0.4, 0.5) is 5.69 Å². The van der Waals surface area contributed by atoms with E-state index in [0.717, 1.165) is 35.7 Å². The molecule has 0 saturated carbocycles. The Morgan fingerprint density at radius 2 is 2.07 bits per heavy atom. The Morgan fingerprint density at radius 3 is 2.82 bits per heavy atom. The molecule has 7 heteroatoms. The highest BCUT2D eigenvalue weighted by molar-refractivity contribution is 7.85. The van der Waals surface area contributed by atoms with Crippen molar-refractivity contribution in [1.29, 1.82) is 0 Å². The summed E-state index contributed by atoms with van der Waals surface area (Å²) in [4.78, 5) is 2.21. The zero-order valence-electron chi connectivity index (χ0n) is 16.0. The number of nitrogens with zero attached hydrogens (tertiary/aromatic N) is 2. The maximum Gasteiger partial charge on any atom is 0.210 e. The Bertz CT molecular complexity index is 1080. The lowest BCUT2D eigenvalue weighted by Crippen LogP contribution is -2.23. The Kier molecular flexibility index (Phi) is 4.98. The predicted molar refractivity (Wildman–Crippen MR) is 110 cm³/mol. The maximum atomic E-state index is 11.0. The molecule has 1 aromatic carbocycles. The van der Waals surface area contributed by atoms with E-state index in [-0.39, 0.29) is 5.75 Å². The van der Waals surface area contributed by atoms with Gasteiger partial charge in [0.15, 0.2) is 5.71 Å². The standard InChI is InChI=1S/C21H23ClN2O3S/c1-14-8-16-11-19(24(21(16)9-14)6-3-7-28(25,26)27)13-18-10-15-4-5-17(22)12-20(15)23(18)2/h4-5,8,12-13H,3,6-7,9-11H2,1-2H3. The van der Waals surface area contributed by atoms with Crippen LogP contribution in [-0.4, -0.2) is 47.5 Å². The molecule has 0 bridgehead atoms. The molecule has 0 N–H and O–H groups in total. The molecule has 0 saturated heterocycles. The van der Waals surface area contributed by atoms with E-state index >= 15 is 0 Å². The molecule has 2 aliphatic heterocycles. The third-order valence-corrected chi connectivity index (χ3v) is 6.63. The van der Waals surface area contributed by atoms with E-state index in [2.05, 4.69) is 34.6 Å². The molecule has 148 valence electrons. The molecule has 2 heterocycles. The first-order valence-electron chi connectivity index (χ1n) is 9.40. The van der Waals surface area contributed by atoms with Gasteiger partial charge in [0.25, 0.3) is 0 Å². The third kappa shape index (κ3) is 3.81. The van der Waals surface area contributed by atoms with E-state index in [0.29, 0.717) is 13.0 Å². The van der Waals surface area contributed by atoms with Gasteiger partial charge in [-0.25, -0.2) is 8.42 Å². The average Bonchev–Trinajstić information content (AvgIpc) is 3.20. The van der Waals surface area contributed by atoms with Gasteiger partial charge in [0.05, 0.1) is 16.5 Å². The summed E-state index contributed by atoms with van der Waals surface area (Å²) in [6, 6.07) is 5.97. The van der Waals surface area contributed by atoms with Crippen LogP contribution in [0.15, 0.2) is 52.9 Å². The minimum absolute atomic E-state index is 0.327. The summed E-state index contributed by atoms with van der Waals surface area (Å²) in [5.41, 5.74) is 8.59. The van der Waals surface area contributed by atoms with Gasteiger partial charge < -0.3 is 9.45 Å². The Morgan fingerprint density at radius 1 is 1.29 bits per heavy atom. The van der Waals surface area contributed by atoms with Crippen LogP contribution >= 0.6 is 11.6 Å². The quantitative estimate of drug-likeness (QED) is 0.539. The molecule has 1 aromatic rings. The second-order valence-corrected chi connectivity index (χ2v) is 9.68. The lowest BCUT2D eigenvalue weighted by molar-refractivity contribution is -0.400. The molecule has 0 fully saturated rings. The van der Waals surface area contributed by atoms with E-state index in [1.54, 1.807) is 0 Å². The van der Waals surface area contributed by atoms with Crippen LogP contribution in [0.2, 0.25) is 5.02 Å². The van der Waals surface area contributed by atoms with Crippen molar-refractivity contribution in [1.82, 2.24) is 4.90 Å². The largest absolute Gasteiger partial charge is 0.748 e. The highest BCUT2D eigenvalue weighted by Gasteiger charge is 2.32. The number of rotatable bonds is 5. The van der Waals surface area contributed by atoms with Gasteiger partial charge in [0.1, 0.15) is 7.05 Å². The molecule has 0 amide bonds. The van der Waals surface area contributed by atoms with E-state index < -0.39 is 10.1 Å². The minimum atomic E-state index is -4.19. The van der Waals surface area contributed by atoms with Crippen molar-refractivity contribution in [3.05, 3.63) is 63.5 Å². The molecule has 5 nitrogen and oxygen atoms in total. The van der Waals surface area contributed by atoms with Crippen molar-refractivity contribution in [2.75, 3.05) is 19.3 Å². The summed E-state index contributed by atoms with van der Waals surface area (Å²) in [5, 5.41) is 0.724. The molecule has 0 radical (unpaired) electrons. The van der Waals surface area contributed by atoms with Gasteiger partial charge in [-0.15, -0.1) is 0 Å². The van der Waals surface area contributed by atoms with Gasteiger partial charge in [-0.2, -0.15) is 4.58 Å². The number of benzene rings is 1. The minimum Gasteiger partial charge on any atom is -0.748 e. The van der Waals surface area contributed by atoms with Crippen molar-refractivity contribution in [2.45, 2.75) is 32.6 Å². The zero-order chi connectivity index (χ0) is 20.1. The number of hydrogen-bond acceptors (Lipinski definition) is 4. The summed E-state index contributed by atoms with van der Waals surface area (Å²) < 4.78 is 35.2. The van der Waals surface area contributed by atoms with Crippen LogP contribution in [0.25, 0.3) is 0 Å². The number of allylic oxidation sites excluding steroid dienone is 4. The van der Waals surface area contributed by atoms with Gasteiger partial charge in [0, 0.05) is 59.3 Å². The normalized spacial score (nSPS) is 20.4. The third-order valence-electron chi connectivity index (χ3n) is 5.60. The molecular formula is C21H23ClN2O3S. The van der Waals surface area contributed by atoms with E-state index in [9.17, 15) is 13.0 Å². The first kappa shape index (κ1) is 19.4. The lowest BCUT2D eigenvalue weighted by atomic mass is 10.1. The second-order valence-electron chi connectivity index (χ2n) is 7.72. The molecule has 1 aliphatic carbocycles. The van der Waals surface area contributed by atoms with Crippen molar-refractivity contribution in [2.24, 2.45) is 0 Å². The van der Waals surface area contributed by atoms with Gasteiger partial charge in [0.2, 0.25) is 5.69 Å². The Labute approximate surface area is 171 Å². The smallest absolute Gasteiger partial charge is 0.210 e. The molecule has 4 rings (SSSR count). The molecule has 3 aliphatic rings. The maximum absolute atomic E-state index is 11.0. The molecule has 28 heavy (non-hydrogen) atoms. The van der Waals surface area contributed by atoms with E-state index in [1.165, 1.54) is 28.1 Å². The number of hydrogen-bond donors (Lipinski definition) is 0. The summed E-state index contributed by atoms with van der Waals surface area (Å²) >= 11 is 6.15. The first-order chi connectivity index (χ1) is 13.2. The van der Waals surface area contributed by atoms with Crippen molar-refractivity contribution < 1.29 is 17.5 Å². The fraction of sp³-hybridized carbons (Fsp3) is 0.381. The van der Waals surface area contributed by atoms with Crippen LogP contribution in [0.5, 0.6) is 0 Å². The van der Waals surface area contributed by atoms with Crippen LogP contribution in [0.3, 0.4) is 0 Å². The van der Waals surface area contributed by atoms with Crippen LogP contribution in [0, 0.1) is 0 Å². The van der Waals surface area contributed by atoms with Gasteiger partial charge in [-0.3, -0.25) is 0 Å². The lowest BCUT2D eigenvalue weighted by Gasteiger charge is -2.24.